The Morgan fingerprint density at radius 1 is 1.00 bits per heavy atom. The van der Waals surface area contributed by atoms with Crippen molar-refractivity contribution in [3.63, 3.8) is 0 Å². The number of amides is 2. The lowest BCUT2D eigenvalue weighted by Gasteiger charge is -2.31. The predicted octanol–water partition coefficient (Wildman–Crippen LogP) is 3.58. The molecule has 0 unspecified atom stereocenters. The van der Waals surface area contributed by atoms with Gasteiger partial charge in [-0.05, 0) is 31.2 Å². The van der Waals surface area contributed by atoms with Crippen LogP contribution in [0.25, 0.3) is 0 Å². The average molecular weight is 507 g/mol. The van der Waals surface area contributed by atoms with Crippen molar-refractivity contribution < 1.29 is 18.0 Å². The van der Waals surface area contributed by atoms with Gasteiger partial charge in [-0.2, -0.15) is 0 Å². The molecule has 2 aromatic rings. The van der Waals surface area contributed by atoms with Gasteiger partial charge in [0.1, 0.15) is 12.6 Å². The van der Waals surface area contributed by atoms with E-state index >= 15 is 0 Å². The van der Waals surface area contributed by atoms with Crippen LogP contribution in [0.5, 0.6) is 0 Å². The zero-order valence-electron chi connectivity index (χ0n) is 17.1. The number of sulfonamides is 1. The van der Waals surface area contributed by atoms with E-state index in [1.165, 1.54) is 31.0 Å². The molecule has 0 spiro atoms. The van der Waals surface area contributed by atoms with Crippen LogP contribution in [0, 0.1) is 0 Å². The Labute approximate surface area is 196 Å². The lowest BCUT2D eigenvalue weighted by Crippen LogP contribution is -2.50. The van der Waals surface area contributed by atoms with Gasteiger partial charge >= 0.3 is 0 Å². The maximum Gasteiger partial charge on any atom is 0.244 e. The lowest BCUT2D eigenvalue weighted by molar-refractivity contribution is -0.139. The SMILES string of the molecule is CNC(=O)[C@H](C)N(Cc1c(Cl)cccc1Cl)C(=O)CN(c1ccccc1Cl)S(C)(=O)=O. The molecule has 0 aromatic heterocycles. The van der Waals surface area contributed by atoms with Crippen molar-refractivity contribution in [1.82, 2.24) is 10.2 Å². The van der Waals surface area contributed by atoms with Gasteiger partial charge in [0.2, 0.25) is 21.8 Å². The summed E-state index contributed by atoms with van der Waals surface area (Å²) in [6, 6.07) is 10.2. The van der Waals surface area contributed by atoms with Crippen LogP contribution in [-0.4, -0.2) is 51.0 Å². The quantitative estimate of drug-likeness (QED) is 0.593. The van der Waals surface area contributed by atoms with Crippen molar-refractivity contribution >= 4 is 62.3 Å². The summed E-state index contributed by atoms with van der Waals surface area (Å²) in [6.07, 6.45) is 0.973. The molecular formula is C20H22Cl3N3O4S. The van der Waals surface area contributed by atoms with Crippen LogP contribution in [-0.2, 0) is 26.2 Å². The number of nitrogens with one attached hydrogen (secondary N) is 1. The van der Waals surface area contributed by atoms with Gasteiger partial charge in [-0.3, -0.25) is 13.9 Å². The minimum Gasteiger partial charge on any atom is -0.357 e. The highest BCUT2D eigenvalue weighted by atomic mass is 35.5. The third-order valence-electron chi connectivity index (χ3n) is 4.60. The Morgan fingerprint density at radius 3 is 2.06 bits per heavy atom. The summed E-state index contributed by atoms with van der Waals surface area (Å²) in [5.41, 5.74) is 0.599. The van der Waals surface area contributed by atoms with E-state index in [0.29, 0.717) is 15.6 Å². The fourth-order valence-corrected chi connectivity index (χ4v) is 4.56. The molecule has 2 aromatic carbocycles. The molecule has 31 heavy (non-hydrogen) atoms. The van der Waals surface area contributed by atoms with Gasteiger partial charge in [0.05, 0.1) is 17.0 Å². The van der Waals surface area contributed by atoms with Crippen molar-refractivity contribution in [1.29, 1.82) is 0 Å². The van der Waals surface area contributed by atoms with Crippen molar-refractivity contribution in [2.24, 2.45) is 0 Å². The molecule has 0 aliphatic carbocycles. The van der Waals surface area contributed by atoms with Crippen LogP contribution in [0.3, 0.4) is 0 Å². The second kappa shape index (κ2) is 10.5. The van der Waals surface area contributed by atoms with Gasteiger partial charge in [0, 0.05) is 29.2 Å². The molecule has 2 amide bonds. The van der Waals surface area contributed by atoms with Gasteiger partial charge in [0.15, 0.2) is 0 Å². The van der Waals surface area contributed by atoms with Crippen molar-refractivity contribution in [3.8, 4) is 0 Å². The highest BCUT2D eigenvalue weighted by Gasteiger charge is 2.31. The molecule has 1 atom stereocenters. The van der Waals surface area contributed by atoms with E-state index in [-0.39, 0.29) is 17.3 Å². The van der Waals surface area contributed by atoms with Crippen LogP contribution in [0.1, 0.15) is 12.5 Å². The van der Waals surface area contributed by atoms with Crippen molar-refractivity contribution in [2.75, 3.05) is 24.2 Å². The van der Waals surface area contributed by atoms with Crippen LogP contribution < -0.4 is 9.62 Å². The Morgan fingerprint density at radius 2 is 1.55 bits per heavy atom. The number of carbonyl (C=O) groups is 2. The van der Waals surface area contributed by atoms with E-state index in [1.807, 2.05) is 0 Å². The second-order valence-corrected chi connectivity index (χ2v) is 9.86. The van der Waals surface area contributed by atoms with Crippen LogP contribution >= 0.6 is 34.8 Å². The van der Waals surface area contributed by atoms with Crippen molar-refractivity contribution in [2.45, 2.75) is 19.5 Å². The highest BCUT2D eigenvalue weighted by Crippen LogP contribution is 2.29. The Bertz CT molecular complexity index is 1060. The van der Waals surface area contributed by atoms with E-state index in [9.17, 15) is 18.0 Å². The van der Waals surface area contributed by atoms with E-state index in [1.54, 1.807) is 30.3 Å². The first-order chi connectivity index (χ1) is 14.5. The summed E-state index contributed by atoms with van der Waals surface area (Å²) >= 11 is 18.7. The molecule has 0 saturated heterocycles. The fraction of sp³-hybridized carbons (Fsp3) is 0.300. The Hall–Kier alpha value is -2.00. The molecular weight excluding hydrogens is 485 g/mol. The number of hydrogen-bond acceptors (Lipinski definition) is 4. The van der Waals surface area contributed by atoms with Crippen molar-refractivity contribution in [3.05, 3.63) is 63.1 Å². The Kier molecular flexibility index (Phi) is 8.59. The molecule has 1 N–H and O–H groups in total. The number of benzene rings is 2. The number of nitrogens with zero attached hydrogens (tertiary/aromatic N) is 2. The summed E-state index contributed by atoms with van der Waals surface area (Å²) in [5, 5.41) is 3.29. The maximum absolute atomic E-state index is 13.3. The van der Waals surface area contributed by atoms with E-state index < -0.39 is 34.4 Å². The van der Waals surface area contributed by atoms with Gasteiger partial charge in [0.25, 0.3) is 0 Å². The monoisotopic (exact) mass is 505 g/mol. The number of halogens is 3. The number of carbonyl (C=O) groups excluding carboxylic acids is 2. The summed E-state index contributed by atoms with van der Waals surface area (Å²) in [4.78, 5) is 26.8. The normalized spacial score (nSPS) is 12.2. The smallest absolute Gasteiger partial charge is 0.244 e. The largest absolute Gasteiger partial charge is 0.357 e. The molecule has 0 radical (unpaired) electrons. The zero-order chi connectivity index (χ0) is 23.3. The number of rotatable bonds is 8. The summed E-state index contributed by atoms with van der Waals surface area (Å²) < 4.78 is 25.8. The zero-order valence-corrected chi connectivity index (χ0v) is 20.2. The molecule has 0 aliphatic heterocycles. The molecule has 2 rings (SSSR count). The van der Waals surface area contributed by atoms with Crippen LogP contribution in [0.4, 0.5) is 5.69 Å². The highest BCUT2D eigenvalue weighted by molar-refractivity contribution is 7.92. The number of likely N-dealkylation sites (N-methyl/N-ethyl adjacent to an activating group) is 1. The van der Waals surface area contributed by atoms with Gasteiger partial charge < -0.3 is 10.2 Å². The minimum atomic E-state index is -3.86. The molecule has 0 fully saturated rings. The topological polar surface area (TPSA) is 86.8 Å². The van der Waals surface area contributed by atoms with Gasteiger partial charge in [-0.1, -0.05) is 53.0 Å². The maximum atomic E-state index is 13.3. The molecule has 0 bridgehead atoms. The molecule has 7 nitrogen and oxygen atoms in total. The number of anilines is 1. The predicted molar refractivity (Wildman–Crippen MR) is 124 cm³/mol. The fourth-order valence-electron chi connectivity index (χ4n) is 2.89. The lowest BCUT2D eigenvalue weighted by atomic mass is 10.1. The number of hydrogen-bond donors (Lipinski definition) is 1. The first-order valence-corrected chi connectivity index (χ1v) is 12.1. The van der Waals surface area contributed by atoms with Gasteiger partial charge in [-0.15, -0.1) is 0 Å². The Balaban J connectivity index is 2.46. The molecule has 168 valence electrons. The standard InChI is InChI=1S/C20H22Cl3N3O4S/c1-13(20(28)24-2)25(11-14-15(21)8-6-9-16(14)22)19(27)12-26(31(3,29)30)18-10-5-4-7-17(18)23/h4-10,13H,11-12H2,1-3H3,(H,24,28)/t13-/m0/s1. The van der Waals surface area contributed by atoms with Gasteiger partial charge in [-0.25, -0.2) is 8.42 Å². The van der Waals surface area contributed by atoms with E-state index in [0.717, 1.165) is 10.6 Å². The molecule has 0 heterocycles. The summed E-state index contributed by atoms with van der Waals surface area (Å²) in [5.74, 6) is -1.06. The molecule has 0 aliphatic rings. The summed E-state index contributed by atoms with van der Waals surface area (Å²) in [6.45, 7) is 0.875. The third-order valence-corrected chi connectivity index (χ3v) is 6.76. The van der Waals surface area contributed by atoms with E-state index in [4.69, 9.17) is 34.8 Å². The van der Waals surface area contributed by atoms with Crippen LogP contribution in [0.15, 0.2) is 42.5 Å². The van der Waals surface area contributed by atoms with E-state index in [2.05, 4.69) is 5.32 Å². The summed E-state index contributed by atoms with van der Waals surface area (Å²) in [7, 11) is -2.42. The first-order valence-electron chi connectivity index (χ1n) is 9.13. The second-order valence-electron chi connectivity index (χ2n) is 6.73. The van der Waals surface area contributed by atoms with Crippen LogP contribution in [0.2, 0.25) is 15.1 Å². The molecule has 11 heteroatoms. The third kappa shape index (κ3) is 6.26. The molecule has 0 saturated carbocycles. The number of para-hydroxylation sites is 1. The minimum absolute atomic E-state index is 0.0912. The first kappa shape index (κ1) is 25.3. The average Bonchev–Trinajstić information content (AvgIpc) is 2.70.